The molecule has 0 amide bonds. The molecule has 2 N–H and O–H groups in total. The Morgan fingerprint density at radius 2 is 1.14 bits per heavy atom. The molecule has 2 aliphatic carbocycles. The van der Waals surface area contributed by atoms with Crippen LogP contribution in [0.25, 0.3) is 34.1 Å². The second-order valence-corrected chi connectivity index (χ2v) is 8.10. The minimum absolute atomic E-state index is 0.101. The Kier molecular flexibility index (Phi) is 3.89. The Morgan fingerprint density at radius 3 is 1.86 bits per heavy atom. The number of benzene rings is 2. The average Bonchev–Trinajstić information content (AvgIpc) is 3.62. The Morgan fingerprint density at radius 1 is 0.611 bits per heavy atom. The van der Waals surface area contributed by atoms with Gasteiger partial charge in [-0.05, 0) is 6.92 Å². The summed E-state index contributed by atoms with van der Waals surface area (Å²) < 4.78 is 2.82. The summed E-state index contributed by atoms with van der Waals surface area (Å²) in [4.78, 5) is 32.9. The molecule has 0 saturated heterocycles. The predicted molar refractivity (Wildman–Crippen MR) is 124 cm³/mol. The van der Waals surface area contributed by atoms with Crippen LogP contribution in [0.5, 0.6) is 0 Å². The molecule has 4 aromatic heterocycles. The first kappa shape index (κ1) is 20.0. The van der Waals surface area contributed by atoms with Gasteiger partial charge in [-0.3, -0.25) is 9.59 Å². The third-order valence-corrected chi connectivity index (χ3v) is 5.98. The first-order valence-corrected chi connectivity index (χ1v) is 10.8. The average molecular weight is 475 g/mol. The monoisotopic (exact) mass is 475 g/mol. The summed E-state index contributed by atoms with van der Waals surface area (Å²) >= 11 is 0. The summed E-state index contributed by atoms with van der Waals surface area (Å²) in [6.07, 6.45) is 0. The molecule has 6 aromatic rings. The van der Waals surface area contributed by atoms with Gasteiger partial charge >= 0.3 is 0 Å². The largest absolute Gasteiger partial charge is 0.366 e. The maximum absolute atomic E-state index is 12.2. The summed E-state index contributed by atoms with van der Waals surface area (Å²) in [7, 11) is 0. The normalized spacial score (nSPS) is 12.8. The van der Waals surface area contributed by atoms with Crippen molar-refractivity contribution >= 4 is 29.1 Å². The van der Waals surface area contributed by atoms with E-state index in [-0.39, 0.29) is 29.0 Å². The molecule has 36 heavy (non-hydrogen) atoms. The molecule has 172 valence electrons. The Balaban J connectivity index is 0.000000122. The molecular weight excluding hydrogens is 462 g/mol. The number of aromatic nitrogens is 10. The van der Waals surface area contributed by atoms with Gasteiger partial charge in [-0.25, -0.2) is 9.97 Å². The van der Waals surface area contributed by atoms with Crippen molar-refractivity contribution in [1.82, 2.24) is 49.6 Å². The van der Waals surface area contributed by atoms with E-state index in [2.05, 4.69) is 40.6 Å². The fraction of sp³-hybridized carbons (Fsp3) is 0.0435. The number of nitrogen functional groups attached to an aromatic ring is 1. The number of hydrogen-bond acceptors (Lipinski definition) is 11. The number of rotatable bonds is 0. The van der Waals surface area contributed by atoms with E-state index >= 15 is 0 Å². The summed E-state index contributed by atoms with van der Waals surface area (Å²) in [6.45, 7) is 1.80. The third-order valence-electron chi connectivity index (χ3n) is 5.98. The molecule has 2 aromatic carbocycles. The van der Waals surface area contributed by atoms with Gasteiger partial charge in [0.05, 0.1) is 0 Å². The SMILES string of the molecule is Cc1nnc2nc3c(nn12)-c1ccccc1C3=O.Nc1nnc2nc3c(nn12)C(=O)c1ccccc1-3. The number of fused-ring (bicyclic) bond motifs is 8. The molecule has 4 heterocycles. The lowest BCUT2D eigenvalue weighted by molar-refractivity contribution is 0.103. The zero-order valence-electron chi connectivity index (χ0n) is 18.5. The van der Waals surface area contributed by atoms with Crippen LogP contribution in [-0.2, 0) is 0 Å². The molecule has 0 fully saturated rings. The highest BCUT2D eigenvalue weighted by Gasteiger charge is 2.31. The molecule has 8 rings (SSSR count). The summed E-state index contributed by atoms with van der Waals surface area (Å²) in [5.74, 6) is 1.16. The lowest BCUT2D eigenvalue weighted by atomic mass is 10.1. The Hall–Kier alpha value is -5.46. The van der Waals surface area contributed by atoms with E-state index in [1.807, 2.05) is 36.4 Å². The predicted octanol–water partition coefficient (Wildman–Crippen LogP) is 1.35. The van der Waals surface area contributed by atoms with Gasteiger partial charge in [0.2, 0.25) is 17.5 Å². The summed E-state index contributed by atoms with van der Waals surface area (Å²) in [5, 5.41) is 23.8. The van der Waals surface area contributed by atoms with Crippen LogP contribution >= 0.6 is 0 Å². The molecule has 0 atom stereocenters. The van der Waals surface area contributed by atoms with E-state index in [0.717, 1.165) is 11.1 Å². The topological polar surface area (TPSA) is 172 Å². The maximum atomic E-state index is 12.2. The van der Waals surface area contributed by atoms with Crippen LogP contribution < -0.4 is 5.73 Å². The molecule has 2 aliphatic rings. The second kappa shape index (κ2) is 7.02. The molecular formula is C23H13N11O2. The zero-order valence-corrected chi connectivity index (χ0v) is 18.5. The molecule has 0 unspecified atom stereocenters. The van der Waals surface area contributed by atoms with Crippen molar-refractivity contribution < 1.29 is 9.59 Å². The minimum atomic E-state index is -0.150. The van der Waals surface area contributed by atoms with Gasteiger partial charge in [0, 0.05) is 22.3 Å². The van der Waals surface area contributed by atoms with E-state index < -0.39 is 0 Å². The fourth-order valence-corrected chi connectivity index (χ4v) is 4.29. The summed E-state index contributed by atoms with van der Waals surface area (Å²) in [5.41, 5.74) is 10.2. The number of anilines is 1. The van der Waals surface area contributed by atoms with Crippen molar-refractivity contribution in [2.24, 2.45) is 0 Å². The number of hydrogen-bond donors (Lipinski definition) is 1. The Bertz CT molecular complexity index is 1920. The molecule has 0 bridgehead atoms. The van der Waals surface area contributed by atoms with E-state index in [1.165, 1.54) is 4.52 Å². The highest BCUT2D eigenvalue weighted by atomic mass is 16.1. The highest BCUT2D eigenvalue weighted by Crippen LogP contribution is 2.34. The van der Waals surface area contributed by atoms with Gasteiger partial charge in [0.1, 0.15) is 17.1 Å². The maximum Gasteiger partial charge on any atom is 0.274 e. The Labute approximate surface area is 200 Å². The van der Waals surface area contributed by atoms with Crippen LogP contribution in [-0.4, -0.2) is 61.2 Å². The van der Waals surface area contributed by atoms with Gasteiger partial charge in [0.15, 0.2) is 11.5 Å². The van der Waals surface area contributed by atoms with Crippen molar-refractivity contribution in [3.05, 3.63) is 76.9 Å². The molecule has 13 heteroatoms. The van der Waals surface area contributed by atoms with Crippen LogP contribution in [0.1, 0.15) is 37.9 Å². The van der Waals surface area contributed by atoms with Gasteiger partial charge in [-0.1, -0.05) is 48.5 Å². The van der Waals surface area contributed by atoms with Crippen molar-refractivity contribution in [3.63, 3.8) is 0 Å². The number of carbonyl (C=O) groups excluding carboxylic acids is 2. The van der Waals surface area contributed by atoms with E-state index in [4.69, 9.17) is 5.73 Å². The van der Waals surface area contributed by atoms with Gasteiger partial charge in [-0.15, -0.1) is 20.4 Å². The van der Waals surface area contributed by atoms with Crippen molar-refractivity contribution in [2.75, 3.05) is 5.73 Å². The van der Waals surface area contributed by atoms with E-state index in [0.29, 0.717) is 39.8 Å². The molecule has 13 nitrogen and oxygen atoms in total. The minimum Gasteiger partial charge on any atom is -0.366 e. The standard InChI is InChI=1S/C12H7N5O.C11H6N6O/c1-6-14-15-12-13-10-9(16-17(6)12)7-4-2-3-5-8(7)11(10)18;12-10-14-15-11-13-7-5-3-1-2-4-6(5)9(18)8(7)16-17(10)11/h2-5H,1H3;1-4H,(H2,12,14). The molecule has 0 aliphatic heterocycles. The quantitative estimate of drug-likeness (QED) is 0.335. The fourth-order valence-electron chi connectivity index (χ4n) is 4.29. The molecule has 0 spiro atoms. The van der Waals surface area contributed by atoms with Gasteiger partial charge in [-0.2, -0.15) is 19.2 Å². The summed E-state index contributed by atoms with van der Waals surface area (Å²) in [6, 6.07) is 14.6. The van der Waals surface area contributed by atoms with Crippen molar-refractivity contribution in [2.45, 2.75) is 6.92 Å². The van der Waals surface area contributed by atoms with Crippen LogP contribution in [0.3, 0.4) is 0 Å². The van der Waals surface area contributed by atoms with Gasteiger partial charge < -0.3 is 5.73 Å². The van der Waals surface area contributed by atoms with Crippen LogP contribution in [0.4, 0.5) is 5.95 Å². The van der Waals surface area contributed by atoms with E-state index in [9.17, 15) is 9.59 Å². The van der Waals surface area contributed by atoms with Crippen LogP contribution in [0.15, 0.2) is 48.5 Å². The third kappa shape index (κ3) is 2.64. The first-order chi connectivity index (χ1) is 17.5. The molecule has 0 saturated carbocycles. The van der Waals surface area contributed by atoms with E-state index in [1.54, 1.807) is 23.6 Å². The number of ketones is 2. The number of nitrogens with two attached hydrogens (primary N) is 1. The van der Waals surface area contributed by atoms with Crippen molar-refractivity contribution in [1.29, 1.82) is 0 Å². The smallest absolute Gasteiger partial charge is 0.274 e. The van der Waals surface area contributed by atoms with Crippen molar-refractivity contribution in [3.8, 4) is 22.5 Å². The number of nitrogens with zero attached hydrogens (tertiary/aromatic N) is 10. The number of carbonyl (C=O) groups is 2. The first-order valence-electron chi connectivity index (χ1n) is 10.8. The highest BCUT2D eigenvalue weighted by molar-refractivity contribution is 6.20. The van der Waals surface area contributed by atoms with Gasteiger partial charge in [0.25, 0.3) is 11.6 Å². The van der Waals surface area contributed by atoms with Crippen LogP contribution in [0, 0.1) is 6.92 Å². The number of aryl methyl sites for hydroxylation is 1. The van der Waals surface area contributed by atoms with Crippen LogP contribution in [0.2, 0.25) is 0 Å². The lowest BCUT2D eigenvalue weighted by Crippen LogP contribution is -2.07. The lowest BCUT2D eigenvalue weighted by Gasteiger charge is -1.98. The zero-order chi connectivity index (χ0) is 24.6. The molecule has 0 radical (unpaired) electrons. The second-order valence-electron chi connectivity index (χ2n) is 8.10.